The Bertz CT molecular complexity index is 1450. The van der Waals surface area contributed by atoms with Gasteiger partial charge in [0.15, 0.2) is 0 Å². The fourth-order valence-corrected chi connectivity index (χ4v) is 6.81. The molecule has 0 saturated carbocycles. The van der Waals surface area contributed by atoms with Gasteiger partial charge in [-0.25, -0.2) is 13.1 Å². The highest BCUT2D eigenvalue weighted by atomic mass is 32.2. The summed E-state index contributed by atoms with van der Waals surface area (Å²) in [4.78, 5) is 16.0. The number of carbonyl (C=O) groups is 1. The van der Waals surface area contributed by atoms with Gasteiger partial charge in [0.25, 0.3) is 5.91 Å². The zero-order valence-corrected chi connectivity index (χ0v) is 24.8. The number of hydrogen-bond donors (Lipinski definition) is 6. The average molecular weight is 600 g/mol. The molecular formula is C29H41N7O5S. The van der Waals surface area contributed by atoms with Crippen molar-refractivity contribution in [3.8, 4) is 0 Å². The summed E-state index contributed by atoms with van der Waals surface area (Å²) in [5.74, 6) is 0.277. The molecule has 12 nitrogen and oxygen atoms in total. The lowest BCUT2D eigenvalue weighted by Gasteiger charge is -2.39. The van der Waals surface area contributed by atoms with Crippen molar-refractivity contribution in [3.63, 3.8) is 0 Å². The maximum atomic E-state index is 13.8. The molecule has 6 N–H and O–H groups in total. The van der Waals surface area contributed by atoms with Gasteiger partial charge in [-0.3, -0.25) is 14.8 Å². The molecule has 0 spiro atoms. The van der Waals surface area contributed by atoms with Crippen molar-refractivity contribution < 1.29 is 23.4 Å². The van der Waals surface area contributed by atoms with Gasteiger partial charge >= 0.3 is 0 Å². The largest absolute Gasteiger partial charge is 0.395 e. The SMILES string of the molecule is CC12NCCCCC[C@@H]3CCCN(C3)c3cc(NS(=O)(=O)CCO)ccc3C(=O)NC(=CC=C1n1ccc(CO)n1)N2. The highest BCUT2D eigenvalue weighted by Crippen LogP contribution is 2.32. The first kappa shape index (κ1) is 30.1. The van der Waals surface area contributed by atoms with Crippen LogP contribution in [0.15, 0.2) is 48.4 Å². The molecular weight excluding hydrogens is 558 g/mol. The number of dihydropyridines is 1. The molecule has 4 heterocycles. The van der Waals surface area contributed by atoms with Crippen LogP contribution in [-0.2, 0) is 16.6 Å². The van der Waals surface area contributed by atoms with Gasteiger partial charge in [-0.15, -0.1) is 0 Å². The van der Waals surface area contributed by atoms with E-state index >= 15 is 0 Å². The number of hydrogen-bond acceptors (Lipinski definition) is 9. The Morgan fingerprint density at radius 3 is 2.74 bits per heavy atom. The number of aromatic nitrogens is 2. The highest BCUT2D eigenvalue weighted by Gasteiger charge is 2.34. The van der Waals surface area contributed by atoms with Crippen molar-refractivity contribution in [2.75, 3.05) is 41.6 Å². The lowest BCUT2D eigenvalue weighted by Crippen LogP contribution is -2.59. The maximum Gasteiger partial charge on any atom is 0.258 e. The quantitative estimate of drug-likeness (QED) is 0.292. The molecule has 228 valence electrons. The zero-order valence-electron chi connectivity index (χ0n) is 24.0. The Morgan fingerprint density at radius 2 is 1.95 bits per heavy atom. The number of carbonyl (C=O) groups excluding carboxylic acids is 1. The number of benzene rings is 1. The Labute approximate surface area is 246 Å². The highest BCUT2D eigenvalue weighted by molar-refractivity contribution is 7.92. The van der Waals surface area contributed by atoms with Crippen LogP contribution in [0.4, 0.5) is 11.4 Å². The van der Waals surface area contributed by atoms with E-state index < -0.39 is 28.0 Å². The molecule has 3 aliphatic heterocycles. The van der Waals surface area contributed by atoms with Gasteiger partial charge in [0, 0.05) is 19.3 Å². The number of amides is 1. The summed E-state index contributed by atoms with van der Waals surface area (Å²) in [6.07, 6.45) is 11.9. The van der Waals surface area contributed by atoms with E-state index in [1.165, 1.54) is 0 Å². The van der Waals surface area contributed by atoms with E-state index in [-0.39, 0.29) is 12.5 Å². The zero-order chi connectivity index (χ0) is 29.7. The van der Waals surface area contributed by atoms with Gasteiger partial charge in [0.2, 0.25) is 10.0 Å². The second-order valence-corrected chi connectivity index (χ2v) is 13.2. The van der Waals surface area contributed by atoms with Crippen LogP contribution >= 0.6 is 0 Å². The molecule has 13 heteroatoms. The van der Waals surface area contributed by atoms with Gasteiger partial charge in [-0.2, -0.15) is 5.10 Å². The van der Waals surface area contributed by atoms with E-state index in [0.717, 1.165) is 63.9 Å². The standard InChI is InChI=1S/C29H41N7O5S/c1-29-26(36-15-12-23(20-38)33-36)10-11-27(32-29)31-28(39)24-9-8-22(34-42(40,41)17-16-37)18-25(24)35-14-5-7-21(19-35)6-3-2-4-13-30-29/h8-12,15,18,21,30,32,34,37-38H,2-7,13-14,16-17,19-20H2,1H3,(H,31,39)/t21-,29?/m1/s1. The molecule has 1 amide bonds. The number of aliphatic hydroxyl groups excluding tert-OH is 2. The summed E-state index contributed by atoms with van der Waals surface area (Å²) < 4.78 is 29.0. The van der Waals surface area contributed by atoms with Crippen LogP contribution in [-0.4, -0.2) is 72.0 Å². The van der Waals surface area contributed by atoms with Crippen LogP contribution in [0, 0.1) is 5.92 Å². The first-order valence-electron chi connectivity index (χ1n) is 14.6. The van der Waals surface area contributed by atoms with Crippen molar-refractivity contribution in [3.05, 3.63) is 59.7 Å². The fraction of sp³-hybridized carbons (Fsp3) is 0.517. The molecule has 2 aromatic rings. The predicted octanol–water partition coefficient (Wildman–Crippen LogP) is 1.92. The van der Waals surface area contributed by atoms with Crippen LogP contribution in [0.1, 0.15) is 61.5 Å². The molecule has 1 saturated heterocycles. The molecule has 42 heavy (non-hydrogen) atoms. The number of nitrogens with one attached hydrogen (secondary N) is 4. The molecule has 1 aromatic heterocycles. The van der Waals surface area contributed by atoms with E-state index in [1.807, 2.05) is 13.0 Å². The number of aliphatic hydroxyl groups is 2. The number of sulfonamides is 1. The summed E-state index contributed by atoms with van der Waals surface area (Å²) in [6, 6.07) is 6.71. The molecule has 4 bridgehead atoms. The van der Waals surface area contributed by atoms with E-state index in [0.29, 0.717) is 34.4 Å². The molecule has 2 atom stereocenters. The van der Waals surface area contributed by atoms with Gasteiger partial charge in [-0.1, -0.05) is 12.8 Å². The van der Waals surface area contributed by atoms with Gasteiger partial charge in [0.05, 0.1) is 47.3 Å². The molecule has 0 aliphatic carbocycles. The van der Waals surface area contributed by atoms with Crippen LogP contribution in [0.5, 0.6) is 0 Å². The van der Waals surface area contributed by atoms with Crippen LogP contribution in [0.25, 0.3) is 5.70 Å². The van der Waals surface area contributed by atoms with Crippen molar-refractivity contribution in [1.82, 2.24) is 25.7 Å². The second kappa shape index (κ2) is 12.9. The number of piperidine rings is 1. The molecule has 1 aromatic carbocycles. The maximum absolute atomic E-state index is 13.8. The van der Waals surface area contributed by atoms with E-state index in [4.69, 9.17) is 5.11 Å². The first-order chi connectivity index (χ1) is 20.2. The van der Waals surface area contributed by atoms with E-state index in [9.17, 15) is 18.3 Å². The number of fused-ring (bicyclic) bond motifs is 6. The van der Waals surface area contributed by atoms with Gasteiger partial charge < -0.3 is 25.7 Å². The topological polar surface area (TPSA) is 161 Å². The molecule has 5 rings (SSSR count). The minimum Gasteiger partial charge on any atom is -0.395 e. The minimum atomic E-state index is -3.72. The summed E-state index contributed by atoms with van der Waals surface area (Å²) in [5, 5.41) is 33.2. The van der Waals surface area contributed by atoms with Crippen molar-refractivity contribution in [2.24, 2.45) is 5.92 Å². The summed E-state index contributed by atoms with van der Waals surface area (Å²) in [5.41, 5.74) is 2.10. The van der Waals surface area contributed by atoms with Gasteiger partial charge in [0.1, 0.15) is 11.5 Å². The third-order valence-electron chi connectivity index (χ3n) is 8.11. The Kier molecular flexibility index (Phi) is 9.21. The fourth-order valence-electron chi connectivity index (χ4n) is 5.98. The average Bonchev–Trinajstić information content (AvgIpc) is 3.43. The molecule has 1 unspecified atom stereocenters. The van der Waals surface area contributed by atoms with Crippen LogP contribution < -0.4 is 25.6 Å². The third kappa shape index (κ3) is 6.97. The second-order valence-electron chi connectivity index (χ2n) is 11.4. The van der Waals surface area contributed by atoms with Crippen LogP contribution in [0.2, 0.25) is 0 Å². The Hall–Kier alpha value is -3.39. The van der Waals surface area contributed by atoms with Crippen molar-refractivity contribution in [2.45, 2.75) is 57.7 Å². The molecule has 0 radical (unpaired) electrons. The number of rotatable bonds is 6. The third-order valence-corrected chi connectivity index (χ3v) is 9.38. The van der Waals surface area contributed by atoms with E-state index in [1.54, 1.807) is 41.2 Å². The van der Waals surface area contributed by atoms with Crippen molar-refractivity contribution >= 4 is 33.0 Å². The lowest BCUT2D eigenvalue weighted by molar-refractivity contribution is 0.0961. The van der Waals surface area contributed by atoms with Crippen molar-refractivity contribution in [1.29, 1.82) is 0 Å². The summed E-state index contributed by atoms with van der Waals surface area (Å²) >= 11 is 0. The first-order valence-corrected chi connectivity index (χ1v) is 16.3. The van der Waals surface area contributed by atoms with Gasteiger partial charge in [-0.05, 0) is 81.5 Å². The number of allylic oxidation sites excluding steroid dienone is 2. The summed E-state index contributed by atoms with van der Waals surface area (Å²) in [6.45, 7) is 3.71. The number of anilines is 2. The predicted molar refractivity (Wildman–Crippen MR) is 162 cm³/mol. The molecule has 3 aliphatic rings. The minimum absolute atomic E-state index is 0.156. The lowest BCUT2D eigenvalue weighted by atomic mass is 9.91. The number of nitrogens with zero attached hydrogens (tertiary/aromatic N) is 3. The molecule has 1 fully saturated rings. The Morgan fingerprint density at radius 1 is 1.12 bits per heavy atom. The smallest absolute Gasteiger partial charge is 0.258 e. The summed E-state index contributed by atoms with van der Waals surface area (Å²) in [7, 11) is -3.72. The monoisotopic (exact) mass is 599 g/mol. The van der Waals surface area contributed by atoms with Crippen LogP contribution in [0.3, 0.4) is 0 Å². The van der Waals surface area contributed by atoms with E-state index in [2.05, 4.69) is 30.7 Å². The normalized spacial score (nSPS) is 23.6. The Balaban J connectivity index is 1.50.